The van der Waals surface area contributed by atoms with Gasteiger partial charge in [0.05, 0.1) is 23.6 Å². The van der Waals surface area contributed by atoms with E-state index < -0.39 is 0 Å². The van der Waals surface area contributed by atoms with E-state index in [1.54, 1.807) is 6.20 Å². The van der Waals surface area contributed by atoms with Crippen molar-refractivity contribution in [1.29, 1.82) is 0 Å². The lowest BCUT2D eigenvalue weighted by atomic mass is 10.2. The molecule has 2 aromatic heterocycles. The monoisotopic (exact) mass is 364 g/mol. The Kier molecular flexibility index (Phi) is 5.15. The van der Waals surface area contributed by atoms with E-state index >= 15 is 0 Å². The quantitative estimate of drug-likeness (QED) is 0.828. The minimum atomic E-state index is -0.222. The standard InChI is InChI=1S/C17H25ClN6O/c1-12(2)24-17(25)16(18)15(10-19-24)23-7-5-22(6-8-23)11-14-9-13(3)21(4)20-14/h9-10,12H,5-8,11H2,1-4H3. The highest BCUT2D eigenvalue weighted by atomic mass is 35.5. The molecule has 1 fully saturated rings. The van der Waals surface area contributed by atoms with Gasteiger partial charge in [0.15, 0.2) is 0 Å². The van der Waals surface area contributed by atoms with Crippen LogP contribution in [0.2, 0.25) is 5.02 Å². The van der Waals surface area contributed by atoms with Gasteiger partial charge >= 0.3 is 0 Å². The molecule has 0 radical (unpaired) electrons. The van der Waals surface area contributed by atoms with E-state index in [1.807, 2.05) is 25.6 Å². The van der Waals surface area contributed by atoms with Crippen LogP contribution in [0, 0.1) is 6.92 Å². The van der Waals surface area contributed by atoms with E-state index in [2.05, 4.69) is 33.0 Å². The van der Waals surface area contributed by atoms with Crippen molar-refractivity contribution in [2.45, 2.75) is 33.4 Å². The molecule has 8 heteroatoms. The fourth-order valence-corrected chi connectivity index (χ4v) is 3.37. The SMILES string of the molecule is Cc1cc(CN2CCN(c3cnn(C(C)C)c(=O)c3Cl)CC2)nn1C. The summed E-state index contributed by atoms with van der Waals surface area (Å²) in [6.07, 6.45) is 1.71. The van der Waals surface area contributed by atoms with Crippen LogP contribution in [-0.2, 0) is 13.6 Å². The van der Waals surface area contributed by atoms with E-state index in [0.29, 0.717) is 0 Å². The van der Waals surface area contributed by atoms with Gasteiger partial charge in [0.25, 0.3) is 5.56 Å². The minimum Gasteiger partial charge on any atom is -0.366 e. The average molecular weight is 365 g/mol. The van der Waals surface area contributed by atoms with Crippen LogP contribution < -0.4 is 10.5 Å². The Labute approximate surface area is 152 Å². The summed E-state index contributed by atoms with van der Waals surface area (Å²) in [5, 5.41) is 9.05. The van der Waals surface area contributed by atoms with Crippen molar-refractivity contribution in [3.8, 4) is 0 Å². The Morgan fingerprint density at radius 3 is 2.48 bits per heavy atom. The highest BCUT2D eigenvalue weighted by Crippen LogP contribution is 2.23. The van der Waals surface area contributed by atoms with Crippen LogP contribution in [-0.4, -0.2) is 50.6 Å². The third kappa shape index (κ3) is 3.72. The molecule has 0 N–H and O–H groups in total. The van der Waals surface area contributed by atoms with Crippen molar-refractivity contribution in [2.24, 2.45) is 7.05 Å². The Balaban J connectivity index is 1.66. The molecular weight excluding hydrogens is 340 g/mol. The van der Waals surface area contributed by atoms with E-state index in [0.717, 1.165) is 49.8 Å². The number of rotatable bonds is 4. The highest BCUT2D eigenvalue weighted by molar-refractivity contribution is 6.33. The zero-order valence-electron chi connectivity index (χ0n) is 15.2. The molecule has 1 saturated heterocycles. The summed E-state index contributed by atoms with van der Waals surface area (Å²) in [7, 11) is 1.96. The van der Waals surface area contributed by atoms with Gasteiger partial charge in [0.2, 0.25) is 0 Å². The highest BCUT2D eigenvalue weighted by Gasteiger charge is 2.22. The van der Waals surface area contributed by atoms with Gasteiger partial charge in [-0.3, -0.25) is 14.4 Å². The first-order valence-corrected chi connectivity index (χ1v) is 8.98. The maximum atomic E-state index is 12.3. The molecule has 3 heterocycles. The van der Waals surface area contributed by atoms with Gasteiger partial charge < -0.3 is 4.90 Å². The maximum absolute atomic E-state index is 12.3. The second-order valence-electron chi connectivity index (χ2n) is 6.85. The van der Waals surface area contributed by atoms with Crippen LogP contribution in [0.15, 0.2) is 17.1 Å². The molecule has 0 bridgehead atoms. The number of hydrogen-bond donors (Lipinski definition) is 0. The van der Waals surface area contributed by atoms with Gasteiger partial charge in [0, 0.05) is 45.5 Å². The third-order valence-corrected chi connectivity index (χ3v) is 5.03. The first kappa shape index (κ1) is 17.9. The zero-order chi connectivity index (χ0) is 18.1. The summed E-state index contributed by atoms with van der Waals surface area (Å²) >= 11 is 6.32. The molecule has 0 aromatic carbocycles. The molecule has 1 aliphatic heterocycles. The molecule has 1 aliphatic rings. The lowest BCUT2D eigenvalue weighted by Crippen LogP contribution is -2.46. The average Bonchev–Trinajstić information content (AvgIpc) is 2.88. The Morgan fingerprint density at radius 1 is 1.24 bits per heavy atom. The van der Waals surface area contributed by atoms with Gasteiger partial charge in [-0.2, -0.15) is 10.2 Å². The summed E-state index contributed by atoms with van der Waals surface area (Å²) in [6, 6.07) is 2.12. The predicted octanol–water partition coefficient (Wildman–Crippen LogP) is 1.84. The van der Waals surface area contributed by atoms with Crippen molar-refractivity contribution in [1.82, 2.24) is 24.5 Å². The molecule has 0 atom stereocenters. The second kappa shape index (κ2) is 7.17. The van der Waals surface area contributed by atoms with E-state index in [9.17, 15) is 4.79 Å². The molecule has 3 rings (SSSR count). The Morgan fingerprint density at radius 2 is 1.92 bits per heavy atom. The fraction of sp³-hybridized carbons (Fsp3) is 0.588. The lowest BCUT2D eigenvalue weighted by molar-refractivity contribution is 0.246. The summed E-state index contributed by atoms with van der Waals surface area (Å²) in [5.74, 6) is 0. The number of anilines is 1. The van der Waals surface area contributed by atoms with Gasteiger partial charge in [-0.25, -0.2) is 4.68 Å². The molecule has 0 amide bonds. The first-order chi connectivity index (χ1) is 11.9. The molecule has 0 spiro atoms. The molecule has 2 aromatic rings. The van der Waals surface area contributed by atoms with Crippen LogP contribution in [0.4, 0.5) is 5.69 Å². The second-order valence-corrected chi connectivity index (χ2v) is 7.23. The number of piperazine rings is 1. The van der Waals surface area contributed by atoms with Crippen molar-refractivity contribution < 1.29 is 0 Å². The number of hydrogen-bond acceptors (Lipinski definition) is 5. The van der Waals surface area contributed by atoms with Crippen molar-refractivity contribution in [3.05, 3.63) is 39.0 Å². The smallest absolute Gasteiger partial charge is 0.287 e. The van der Waals surface area contributed by atoms with Gasteiger partial charge in [-0.05, 0) is 26.8 Å². The molecule has 0 unspecified atom stereocenters. The summed E-state index contributed by atoms with van der Waals surface area (Å²) < 4.78 is 3.33. The molecule has 25 heavy (non-hydrogen) atoms. The molecule has 0 aliphatic carbocycles. The van der Waals surface area contributed by atoms with E-state index in [1.165, 1.54) is 4.68 Å². The van der Waals surface area contributed by atoms with Crippen LogP contribution in [0.25, 0.3) is 0 Å². The van der Waals surface area contributed by atoms with Crippen LogP contribution in [0.1, 0.15) is 31.3 Å². The summed E-state index contributed by atoms with van der Waals surface area (Å²) in [4.78, 5) is 16.8. The summed E-state index contributed by atoms with van der Waals surface area (Å²) in [6.45, 7) is 10.2. The Hall–Kier alpha value is -1.86. The Bertz CT molecular complexity index is 784. The zero-order valence-corrected chi connectivity index (χ0v) is 16.0. The number of nitrogens with zero attached hydrogens (tertiary/aromatic N) is 6. The predicted molar refractivity (Wildman–Crippen MR) is 99.3 cm³/mol. The van der Waals surface area contributed by atoms with Crippen LogP contribution in [0.3, 0.4) is 0 Å². The molecule has 7 nitrogen and oxygen atoms in total. The molecule has 136 valence electrons. The normalized spacial score (nSPS) is 16.0. The van der Waals surface area contributed by atoms with Crippen LogP contribution >= 0.6 is 11.6 Å². The largest absolute Gasteiger partial charge is 0.366 e. The number of aromatic nitrogens is 4. The summed E-state index contributed by atoms with van der Waals surface area (Å²) in [5.41, 5.74) is 2.77. The number of halogens is 1. The van der Waals surface area contributed by atoms with Crippen molar-refractivity contribution in [3.63, 3.8) is 0 Å². The lowest BCUT2D eigenvalue weighted by Gasteiger charge is -2.35. The molecule has 0 saturated carbocycles. The molecular formula is C17H25ClN6O. The minimum absolute atomic E-state index is 0.00211. The van der Waals surface area contributed by atoms with Gasteiger partial charge in [-0.1, -0.05) is 11.6 Å². The van der Waals surface area contributed by atoms with Crippen molar-refractivity contribution in [2.75, 3.05) is 31.1 Å². The van der Waals surface area contributed by atoms with Gasteiger partial charge in [-0.15, -0.1) is 0 Å². The number of aryl methyl sites for hydroxylation is 2. The van der Waals surface area contributed by atoms with E-state index in [4.69, 9.17) is 11.6 Å². The first-order valence-electron chi connectivity index (χ1n) is 8.61. The maximum Gasteiger partial charge on any atom is 0.287 e. The third-order valence-electron chi connectivity index (χ3n) is 4.68. The fourth-order valence-electron chi connectivity index (χ4n) is 3.11. The van der Waals surface area contributed by atoms with Gasteiger partial charge in [0.1, 0.15) is 5.02 Å². The topological polar surface area (TPSA) is 59.2 Å². The van der Waals surface area contributed by atoms with Crippen LogP contribution in [0.5, 0.6) is 0 Å². The van der Waals surface area contributed by atoms with Crippen molar-refractivity contribution >= 4 is 17.3 Å². The van der Waals surface area contributed by atoms with E-state index in [-0.39, 0.29) is 16.6 Å².